The quantitative estimate of drug-likeness (QED) is 0.458. The molecule has 0 aromatic carbocycles. The summed E-state index contributed by atoms with van der Waals surface area (Å²) in [6.45, 7) is 2.95. The minimum absolute atomic E-state index is 0.00218. The lowest BCUT2D eigenvalue weighted by Gasteiger charge is -2.04. The number of nitrogens with zero attached hydrogens (tertiary/aromatic N) is 3. The van der Waals surface area contributed by atoms with Crippen LogP contribution in [0, 0.1) is 24.0 Å². The molecule has 144 valence electrons. The first-order chi connectivity index (χ1) is 12.6. The molecule has 0 fully saturated rings. The van der Waals surface area contributed by atoms with Gasteiger partial charge in [0.2, 0.25) is 5.69 Å². The van der Waals surface area contributed by atoms with Gasteiger partial charge in [0.1, 0.15) is 15.6 Å². The van der Waals surface area contributed by atoms with Crippen LogP contribution in [-0.2, 0) is 16.5 Å². The fourth-order valence-corrected chi connectivity index (χ4v) is 3.48. The molecule has 0 spiro atoms. The lowest BCUT2D eigenvalue weighted by Crippen LogP contribution is -2.16. The number of carbonyl (C=O) groups is 3. The number of esters is 2. The maximum absolute atomic E-state index is 12.6. The van der Waals surface area contributed by atoms with E-state index in [0.29, 0.717) is 0 Å². The van der Waals surface area contributed by atoms with Crippen molar-refractivity contribution in [2.45, 2.75) is 13.8 Å². The molecular formula is C15H16N4O7S. The number of thiophene rings is 1. The lowest BCUT2D eigenvalue weighted by molar-refractivity contribution is -0.385. The van der Waals surface area contributed by atoms with Gasteiger partial charge in [0.15, 0.2) is 0 Å². The fraction of sp³-hybridized carbons (Fsp3) is 0.333. The van der Waals surface area contributed by atoms with Gasteiger partial charge < -0.3 is 14.8 Å². The van der Waals surface area contributed by atoms with Crippen LogP contribution in [0.2, 0.25) is 0 Å². The summed E-state index contributed by atoms with van der Waals surface area (Å²) >= 11 is 0.799. The maximum Gasteiger partial charge on any atom is 0.348 e. The molecule has 11 nitrogen and oxygen atoms in total. The molecule has 1 N–H and O–H groups in total. The normalized spacial score (nSPS) is 10.4. The molecule has 2 aromatic rings. The Bertz CT molecular complexity index is 960. The number of carbonyl (C=O) groups excluding carboxylic acids is 3. The molecule has 0 aliphatic rings. The molecule has 0 aliphatic heterocycles. The van der Waals surface area contributed by atoms with E-state index in [1.807, 2.05) is 0 Å². The number of anilines is 1. The summed E-state index contributed by atoms with van der Waals surface area (Å²) in [4.78, 5) is 47.2. The summed E-state index contributed by atoms with van der Waals surface area (Å²) in [5, 5.41) is 17.5. The molecule has 0 unspecified atom stereocenters. The highest BCUT2D eigenvalue weighted by Gasteiger charge is 2.32. The molecular weight excluding hydrogens is 380 g/mol. The molecule has 2 rings (SSSR count). The monoisotopic (exact) mass is 396 g/mol. The molecule has 0 aliphatic carbocycles. The highest BCUT2D eigenvalue weighted by atomic mass is 32.1. The smallest absolute Gasteiger partial charge is 0.348 e. The number of rotatable bonds is 5. The maximum atomic E-state index is 12.6. The molecule has 12 heteroatoms. The number of aromatic nitrogens is 2. The number of nitro groups is 1. The molecule has 0 radical (unpaired) electrons. The van der Waals surface area contributed by atoms with Crippen LogP contribution in [0.3, 0.4) is 0 Å². The highest BCUT2D eigenvalue weighted by molar-refractivity contribution is 7.18. The van der Waals surface area contributed by atoms with Crippen molar-refractivity contribution < 1.29 is 28.8 Å². The van der Waals surface area contributed by atoms with Crippen LogP contribution in [0.15, 0.2) is 0 Å². The number of aryl methyl sites for hydroxylation is 1. The minimum Gasteiger partial charge on any atom is -0.465 e. The second kappa shape index (κ2) is 7.53. The van der Waals surface area contributed by atoms with E-state index in [0.717, 1.165) is 18.4 Å². The van der Waals surface area contributed by atoms with Gasteiger partial charge >= 0.3 is 17.6 Å². The largest absolute Gasteiger partial charge is 0.465 e. The van der Waals surface area contributed by atoms with E-state index in [-0.39, 0.29) is 26.7 Å². The summed E-state index contributed by atoms with van der Waals surface area (Å²) in [7, 11) is 3.79. The third-order valence-electron chi connectivity index (χ3n) is 3.83. The Labute approximate surface area is 157 Å². The van der Waals surface area contributed by atoms with Gasteiger partial charge in [0.25, 0.3) is 5.91 Å². The van der Waals surface area contributed by atoms with Gasteiger partial charge in [-0.2, -0.15) is 5.10 Å². The summed E-state index contributed by atoms with van der Waals surface area (Å²) in [6, 6.07) is 0. The molecule has 2 heterocycles. The van der Waals surface area contributed by atoms with Crippen LogP contribution in [0.5, 0.6) is 0 Å². The van der Waals surface area contributed by atoms with Gasteiger partial charge in [-0.1, -0.05) is 0 Å². The SMILES string of the molecule is COC(=O)c1sc(NC(=O)c2nn(C)c(C)c2[N+](=O)[O-])c(C(=O)OC)c1C. The van der Waals surface area contributed by atoms with Crippen molar-refractivity contribution in [1.82, 2.24) is 9.78 Å². The molecule has 0 saturated carbocycles. The zero-order valence-electron chi connectivity index (χ0n) is 15.1. The Balaban J connectivity index is 2.53. The molecule has 27 heavy (non-hydrogen) atoms. The van der Waals surface area contributed by atoms with E-state index in [1.165, 1.54) is 32.7 Å². The van der Waals surface area contributed by atoms with Crippen molar-refractivity contribution >= 4 is 39.9 Å². The Morgan fingerprint density at radius 2 is 1.78 bits per heavy atom. The van der Waals surface area contributed by atoms with Crippen LogP contribution < -0.4 is 5.32 Å². The summed E-state index contributed by atoms with van der Waals surface area (Å²) < 4.78 is 10.6. The first kappa shape index (κ1) is 20.0. The summed E-state index contributed by atoms with van der Waals surface area (Å²) in [6.07, 6.45) is 0. The summed E-state index contributed by atoms with van der Waals surface area (Å²) in [5.41, 5.74) is -0.444. The Morgan fingerprint density at radius 1 is 1.19 bits per heavy atom. The fourth-order valence-electron chi connectivity index (χ4n) is 2.37. The van der Waals surface area contributed by atoms with Crippen molar-refractivity contribution in [3.63, 3.8) is 0 Å². The predicted molar refractivity (Wildman–Crippen MR) is 94.3 cm³/mol. The molecule has 2 aromatic heterocycles. The molecule has 0 saturated heterocycles. The third-order valence-corrected chi connectivity index (χ3v) is 5.02. The van der Waals surface area contributed by atoms with Crippen molar-refractivity contribution in [1.29, 1.82) is 0 Å². The van der Waals surface area contributed by atoms with Crippen LogP contribution in [0.1, 0.15) is 41.8 Å². The van der Waals surface area contributed by atoms with Crippen molar-refractivity contribution in [3.8, 4) is 0 Å². The Hall–Kier alpha value is -3.28. The topological polar surface area (TPSA) is 143 Å². The van der Waals surface area contributed by atoms with E-state index in [9.17, 15) is 24.5 Å². The number of amides is 1. The van der Waals surface area contributed by atoms with Crippen molar-refractivity contribution in [2.24, 2.45) is 7.05 Å². The Kier molecular flexibility index (Phi) is 5.59. The van der Waals surface area contributed by atoms with Gasteiger partial charge in [-0.05, 0) is 19.4 Å². The minimum atomic E-state index is -0.895. The van der Waals surface area contributed by atoms with Crippen LogP contribution in [0.25, 0.3) is 0 Å². The number of nitrogens with one attached hydrogen (secondary N) is 1. The van der Waals surface area contributed by atoms with Gasteiger partial charge in [0.05, 0.1) is 24.7 Å². The van der Waals surface area contributed by atoms with Gasteiger partial charge in [-0.15, -0.1) is 11.3 Å². The first-order valence-electron chi connectivity index (χ1n) is 7.43. The number of hydrogen-bond donors (Lipinski definition) is 1. The zero-order chi connectivity index (χ0) is 20.5. The van der Waals surface area contributed by atoms with Gasteiger partial charge in [-0.3, -0.25) is 19.6 Å². The van der Waals surface area contributed by atoms with E-state index in [4.69, 9.17) is 4.74 Å². The van der Waals surface area contributed by atoms with Crippen LogP contribution >= 0.6 is 11.3 Å². The zero-order valence-corrected chi connectivity index (χ0v) is 15.9. The summed E-state index contributed by atoms with van der Waals surface area (Å²) in [5.74, 6) is -2.36. The van der Waals surface area contributed by atoms with Crippen molar-refractivity contribution in [3.05, 3.63) is 37.5 Å². The Morgan fingerprint density at radius 3 is 2.30 bits per heavy atom. The standard InChI is InChI=1S/C15H16N4O7S/c1-6-8(14(21)25-4)13(27-11(6)15(22)26-5)16-12(20)9-10(19(23)24)7(2)18(3)17-9/h1-5H3,(H,16,20). The number of ether oxygens (including phenoxy) is 2. The second-order valence-corrected chi connectivity index (χ2v) is 6.38. The van der Waals surface area contributed by atoms with E-state index < -0.39 is 34.2 Å². The third kappa shape index (κ3) is 3.51. The van der Waals surface area contributed by atoms with Gasteiger partial charge in [0, 0.05) is 7.05 Å². The average molecular weight is 396 g/mol. The number of hydrogen-bond acceptors (Lipinski definition) is 9. The van der Waals surface area contributed by atoms with Crippen LogP contribution in [0.4, 0.5) is 10.7 Å². The van der Waals surface area contributed by atoms with Crippen molar-refractivity contribution in [2.75, 3.05) is 19.5 Å². The van der Waals surface area contributed by atoms with Crippen LogP contribution in [-0.4, -0.2) is 46.8 Å². The molecule has 1 amide bonds. The molecule has 0 atom stereocenters. The predicted octanol–water partition coefficient (Wildman–Crippen LogP) is 1.83. The highest BCUT2D eigenvalue weighted by Crippen LogP contribution is 2.35. The van der Waals surface area contributed by atoms with E-state index in [1.54, 1.807) is 0 Å². The average Bonchev–Trinajstić information content (AvgIpc) is 3.10. The number of methoxy groups -OCH3 is 2. The first-order valence-corrected chi connectivity index (χ1v) is 8.25. The van der Waals surface area contributed by atoms with E-state index >= 15 is 0 Å². The second-order valence-electron chi connectivity index (χ2n) is 5.36. The van der Waals surface area contributed by atoms with Gasteiger partial charge in [-0.25, -0.2) is 9.59 Å². The van der Waals surface area contributed by atoms with E-state index in [2.05, 4.69) is 15.2 Å². The molecule has 0 bridgehead atoms. The lowest BCUT2D eigenvalue weighted by atomic mass is 10.1.